The normalized spacial score (nSPS) is 12.9. The van der Waals surface area contributed by atoms with Crippen LogP contribution in [-0.4, -0.2) is 43.2 Å². The Hall–Kier alpha value is -1.49. The Labute approximate surface area is 122 Å². The summed E-state index contributed by atoms with van der Waals surface area (Å²) in [5, 5.41) is 18.0. The first-order valence-corrected chi connectivity index (χ1v) is 7.42. The maximum Gasteiger partial charge on any atom is 0.336 e. The number of carbonyl (C=O) groups is 2. The Morgan fingerprint density at radius 1 is 1.40 bits per heavy atom. The molecule has 1 amide bonds. The molecule has 0 aromatic heterocycles. The third kappa shape index (κ3) is 4.00. The first-order chi connectivity index (χ1) is 9.15. The molecule has 0 bridgehead atoms. The summed E-state index contributed by atoms with van der Waals surface area (Å²) in [5.41, 5.74) is 4.55. The summed E-state index contributed by atoms with van der Waals surface area (Å²) < 4.78 is 25.9. The molecule has 0 fully saturated rings. The molecule has 0 aliphatic carbocycles. The van der Waals surface area contributed by atoms with Crippen LogP contribution in [0.1, 0.15) is 10.4 Å². The van der Waals surface area contributed by atoms with Crippen molar-refractivity contribution in [2.24, 2.45) is 5.73 Å². The van der Waals surface area contributed by atoms with E-state index in [1.165, 1.54) is 12.1 Å². The Kier molecular flexibility index (Phi) is 5.22. The first kappa shape index (κ1) is 16.6. The van der Waals surface area contributed by atoms with Crippen LogP contribution in [0.5, 0.6) is 0 Å². The lowest BCUT2D eigenvalue weighted by Gasteiger charge is -2.10. The minimum Gasteiger partial charge on any atom is -0.478 e. The first-order valence-electron chi connectivity index (χ1n) is 5.15. The summed E-state index contributed by atoms with van der Waals surface area (Å²) in [6.45, 7) is -0.601. The van der Waals surface area contributed by atoms with E-state index in [0.29, 0.717) is 0 Å². The van der Waals surface area contributed by atoms with Crippen molar-refractivity contribution >= 4 is 37.8 Å². The summed E-state index contributed by atoms with van der Waals surface area (Å²) in [4.78, 5) is 21.2. The predicted molar refractivity (Wildman–Crippen MR) is 71.5 cm³/mol. The molecule has 1 rings (SSSR count). The number of nitrogens with one attached hydrogen (secondary N) is 1. The van der Waals surface area contributed by atoms with Gasteiger partial charge in [-0.1, -0.05) is 0 Å². The Morgan fingerprint density at radius 3 is 2.50 bits per heavy atom. The van der Waals surface area contributed by atoms with Crippen LogP contribution >= 0.6 is 15.9 Å². The van der Waals surface area contributed by atoms with Gasteiger partial charge >= 0.3 is 5.97 Å². The van der Waals surface area contributed by atoms with Crippen LogP contribution in [0.25, 0.3) is 0 Å². The molecule has 110 valence electrons. The molecule has 0 radical (unpaired) electrons. The molecule has 1 aromatic rings. The zero-order valence-electron chi connectivity index (χ0n) is 9.91. The van der Waals surface area contributed by atoms with E-state index >= 15 is 0 Å². The highest BCUT2D eigenvalue weighted by atomic mass is 79.9. The van der Waals surface area contributed by atoms with Crippen LogP contribution < -0.4 is 10.5 Å². The van der Waals surface area contributed by atoms with Gasteiger partial charge in [0, 0.05) is 11.0 Å². The summed E-state index contributed by atoms with van der Waals surface area (Å²) in [5.74, 6) is -2.37. The second kappa shape index (κ2) is 6.31. The van der Waals surface area contributed by atoms with E-state index in [-0.39, 0.29) is 14.9 Å². The smallest absolute Gasteiger partial charge is 0.336 e. The van der Waals surface area contributed by atoms with Crippen molar-refractivity contribution in [3.8, 4) is 0 Å². The van der Waals surface area contributed by atoms with Crippen LogP contribution in [0.2, 0.25) is 0 Å². The van der Waals surface area contributed by atoms with Gasteiger partial charge in [-0.25, -0.2) is 17.9 Å². The minimum atomic E-state index is -4.06. The lowest BCUT2D eigenvalue weighted by molar-refractivity contribution is -0.125. The van der Waals surface area contributed by atoms with Crippen molar-refractivity contribution < 1.29 is 28.2 Å². The average Bonchev–Trinajstić information content (AvgIpc) is 2.35. The number of hydrogen-bond acceptors (Lipinski definition) is 5. The molecule has 0 spiro atoms. The summed E-state index contributed by atoms with van der Waals surface area (Å²) in [6.07, 6.45) is -1.67. The van der Waals surface area contributed by atoms with Crippen molar-refractivity contribution in [3.63, 3.8) is 0 Å². The van der Waals surface area contributed by atoms with Crippen LogP contribution in [0, 0.1) is 0 Å². The number of rotatable bonds is 6. The molecule has 20 heavy (non-hydrogen) atoms. The zero-order chi connectivity index (χ0) is 15.5. The molecule has 10 heteroatoms. The van der Waals surface area contributed by atoms with E-state index in [4.69, 9.17) is 15.9 Å². The Morgan fingerprint density at radius 2 is 2.00 bits per heavy atom. The standard InChI is InChI=1S/C10H11BrN2O6S/c11-7-2-1-5(3-6(7)10(16)17)20(18,19)13-4-8(14)9(12)15/h1-3,8,13-14H,4H2,(H2,12,15)(H,16,17). The predicted octanol–water partition coefficient (Wildman–Crippen LogP) is -0.728. The number of aromatic carboxylic acids is 1. The number of amides is 1. The number of primary amides is 1. The lowest BCUT2D eigenvalue weighted by Crippen LogP contribution is -2.39. The largest absolute Gasteiger partial charge is 0.478 e. The molecule has 1 atom stereocenters. The molecule has 1 aromatic carbocycles. The number of carboxylic acids is 1. The van der Waals surface area contributed by atoms with Crippen molar-refractivity contribution in [3.05, 3.63) is 28.2 Å². The molecular weight excluding hydrogens is 356 g/mol. The maximum atomic E-state index is 11.9. The number of hydrogen-bond donors (Lipinski definition) is 4. The number of nitrogens with two attached hydrogens (primary N) is 1. The maximum absolute atomic E-state index is 11.9. The highest BCUT2D eigenvalue weighted by molar-refractivity contribution is 9.10. The van der Waals surface area contributed by atoms with Gasteiger partial charge in [-0.3, -0.25) is 4.79 Å². The fourth-order valence-corrected chi connectivity index (χ4v) is 2.69. The zero-order valence-corrected chi connectivity index (χ0v) is 12.3. The Bertz CT molecular complexity index is 645. The van der Waals surface area contributed by atoms with E-state index in [1.54, 1.807) is 0 Å². The lowest BCUT2D eigenvalue weighted by atomic mass is 10.2. The second-order valence-electron chi connectivity index (χ2n) is 3.72. The topological polar surface area (TPSA) is 147 Å². The monoisotopic (exact) mass is 366 g/mol. The third-order valence-corrected chi connectivity index (χ3v) is 4.39. The van der Waals surface area contributed by atoms with Gasteiger partial charge < -0.3 is 15.9 Å². The molecule has 0 heterocycles. The Balaban J connectivity index is 3.01. The fourth-order valence-electron chi connectivity index (χ4n) is 1.21. The van der Waals surface area contributed by atoms with E-state index in [2.05, 4.69) is 15.9 Å². The van der Waals surface area contributed by atoms with Gasteiger partial charge in [-0.2, -0.15) is 0 Å². The van der Waals surface area contributed by atoms with Crippen LogP contribution in [-0.2, 0) is 14.8 Å². The number of benzene rings is 1. The van der Waals surface area contributed by atoms with Crippen molar-refractivity contribution in [2.45, 2.75) is 11.0 Å². The van der Waals surface area contributed by atoms with Crippen LogP contribution in [0.4, 0.5) is 0 Å². The van der Waals surface area contributed by atoms with E-state index in [0.717, 1.165) is 6.07 Å². The number of aliphatic hydroxyl groups excluding tert-OH is 1. The van der Waals surface area contributed by atoms with Gasteiger partial charge in [0.25, 0.3) is 0 Å². The van der Waals surface area contributed by atoms with Crippen molar-refractivity contribution in [1.82, 2.24) is 4.72 Å². The van der Waals surface area contributed by atoms with E-state index in [9.17, 15) is 18.0 Å². The summed E-state index contributed by atoms with van der Waals surface area (Å²) in [6, 6.07) is 3.39. The molecule has 0 aliphatic heterocycles. The minimum absolute atomic E-state index is 0.223. The van der Waals surface area contributed by atoms with Crippen molar-refractivity contribution in [2.75, 3.05) is 6.54 Å². The number of halogens is 1. The summed E-state index contributed by atoms with van der Waals surface area (Å²) in [7, 11) is -4.06. The molecule has 1 unspecified atom stereocenters. The average molecular weight is 367 g/mol. The number of sulfonamides is 1. The van der Waals surface area contributed by atoms with Gasteiger partial charge in [-0.05, 0) is 34.1 Å². The van der Waals surface area contributed by atoms with Crippen molar-refractivity contribution in [1.29, 1.82) is 0 Å². The highest BCUT2D eigenvalue weighted by Crippen LogP contribution is 2.21. The second-order valence-corrected chi connectivity index (χ2v) is 6.34. The SMILES string of the molecule is NC(=O)C(O)CNS(=O)(=O)c1ccc(Br)c(C(=O)O)c1. The third-order valence-electron chi connectivity index (χ3n) is 2.27. The molecule has 5 N–H and O–H groups in total. The number of aliphatic hydroxyl groups is 1. The molecule has 8 nitrogen and oxygen atoms in total. The number of carboxylic acid groups (broad SMARTS) is 1. The fraction of sp³-hybridized carbons (Fsp3) is 0.200. The van der Waals surface area contributed by atoms with Gasteiger partial charge in [0.2, 0.25) is 15.9 Å². The van der Waals surface area contributed by atoms with Crippen LogP contribution in [0.3, 0.4) is 0 Å². The van der Waals surface area contributed by atoms with E-state index in [1.807, 2.05) is 4.72 Å². The molecule has 0 saturated heterocycles. The number of carbonyl (C=O) groups excluding carboxylic acids is 1. The molecule has 0 saturated carbocycles. The van der Waals surface area contributed by atoms with Gasteiger partial charge in [-0.15, -0.1) is 0 Å². The summed E-state index contributed by atoms with van der Waals surface area (Å²) >= 11 is 2.98. The van der Waals surface area contributed by atoms with Crippen LogP contribution in [0.15, 0.2) is 27.6 Å². The van der Waals surface area contributed by atoms with Gasteiger partial charge in [0.1, 0.15) is 6.10 Å². The quantitative estimate of drug-likeness (QED) is 0.521. The van der Waals surface area contributed by atoms with E-state index < -0.39 is 34.5 Å². The molecule has 0 aliphatic rings. The highest BCUT2D eigenvalue weighted by Gasteiger charge is 2.20. The van der Waals surface area contributed by atoms with Gasteiger partial charge in [0.05, 0.1) is 10.5 Å². The van der Waals surface area contributed by atoms with Gasteiger partial charge in [0.15, 0.2) is 0 Å². The molecular formula is C10H11BrN2O6S.